The van der Waals surface area contributed by atoms with E-state index < -0.39 is 0 Å². The van der Waals surface area contributed by atoms with Crippen molar-refractivity contribution in [2.75, 3.05) is 26.7 Å². The molecule has 0 unspecified atom stereocenters. The summed E-state index contributed by atoms with van der Waals surface area (Å²) < 4.78 is 2.07. The van der Waals surface area contributed by atoms with Gasteiger partial charge >= 0.3 is 0 Å². The Hall–Kier alpha value is -2.30. The molecular weight excluding hydrogens is 314 g/mol. The maximum Gasteiger partial charge on any atom is 0.230 e. The number of carbonyl (C=O) groups is 2. The molecule has 0 N–H and O–H groups in total. The molecule has 0 bridgehead atoms. The average Bonchev–Trinajstić information content (AvgIpc) is 3.16. The van der Waals surface area contributed by atoms with Crippen LogP contribution in [-0.4, -0.2) is 52.9 Å². The number of hydrogen-bond donors (Lipinski definition) is 0. The minimum absolute atomic E-state index is 0.134. The van der Waals surface area contributed by atoms with Gasteiger partial charge in [-0.05, 0) is 30.9 Å². The van der Waals surface area contributed by atoms with Crippen molar-refractivity contribution < 1.29 is 9.59 Å². The van der Waals surface area contributed by atoms with E-state index in [4.69, 9.17) is 0 Å². The van der Waals surface area contributed by atoms with Crippen LogP contribution in [0, 0.1) is 5.41 Å². The third-order valence-electron chi connectivity index (χ3n) is 5.98. The van der Waals surface area contributed by atoms with Gasteiger partial charge in [-0.25, -0.2) is 0 Å². The average molecular weight is 339 g/mol. The quantitative estimate of drug-likeness (QED) is 0.842. The highest BCUT2D eigenvalue weighted by Crippen LogP contribution is 2.39. The maximum absolute atomic E-state index is 12.9. The van der Waals surface area contributed by atoms with Crippen LogP contribution < -0.4 is 0 Å². The molecule has 4 rings (SSSR count). The van der Waals surface area contributed by atoms with Crippen LogP contribution in [0.25, 0.3) is 10.9 Å². The second-order valence-electron chi connectivity index (χ2n) is 7.64. The third kappa shape index (κ3) is 2.62. The summed E-state index contributed by atoms with van der Waals surface area (Å²) in [6.45, 7) is 2.12. The monoisotopic (exact) mass is 339 g/mol. The molecule has 1 aromatic heterocycles. The van der Waals surface area contributed by atoms with E-state index in [0.29, 0.717) is 19.5 Å². The summed E-state index contributed by atoms with van der Waals surface area (Å²) >= 11 is 0. The Morgan fingerprint density at radius 2 is 1.96 bits per heavy atom. The molecule has 1 aromatic carbocycles. The van der Waals surface area contributed by atoms with E-state index in [2.05, 4.69) is 16.7 Å². The molecule has 0 saturated carbocycles. The van der Waals surface area contributed by atoms with Crippen LogP contribution >= 0.6 is 0 Å². The Morgan fingerprint density at radius 3 is 2.80 bits per heavy atom. The second-order valence-corrected chi connectivity index (χ2v) is 7.64. The van der Waals surface area contributed by atoms with Crippen molar-refractivity contribution in [2.45, 2.75) is 25.7 Å². The number of benzene rings is 1. The van der Waals surface area contributed by atoms with E-state index in [1.807, 2.05) is 42.2 Å². The van der Waals surface area contributed by atoms with Crippen LogP contribution in [0.1, 0.15) is 24.8 Å². The Balaban J connectivity index is 1.51. The Bertz CT molecular complexity index is 841. The molecule has 2 aromatic rings. The summed E-state index contributed by atoms with van der Waals surface area (Å²) in [5, 5.41) is 1.14. The van der Waals surface area contributed by atoms with Crippen molar-refractivity contribution in [3.05, 3.63) is 36.0 Å². The molecule has 132 valence electrons. The molecule has 0 radical (unpaired) electrons. The van der Waals surface area contributed by atoms with Crippen LogP contribution in [0.4, 0.5) is 0 Å². The molecule has 1 spiro atoms. The van der Waals surface area contributed by atoms with Crippen molar-refractivity contribution in [1.82, 2.24) is 14.4 Å². The number of hydrogen-bond acceptors (Lipinski definition) is 2. The lowest BCUT2D eigenvalue weighted by atomic mass is 9.78. The van der Waals surface area contributed by atoms with Gasteiger partial charge in [0.05, 0.1) is 11.8 Å². The number of para-hydroxylation sites is 1. The number of likely N-dealkylation sites (tertiary alicyclic amines) is 2. The first-order valence-corrected chi connectivity index (χ1v) is 9.06. The molecular formula is C20H25N3O2. The molecule has 3 heterocycles. The van der Waals surface area contributed by atoms with Gasteiger partial charge in [-0.3, -0.25) is 9.59 Å². The highest BCUT2D eigenvalue weighted by Gasteiger charge is 2.48. The van der Waals surface area contributed by atoms with Gasteiger partial charge in [-0.1, -0.05) is 18.2 Å². The molecule has 1 atom stereocenters. The predicted octanol–water partition coefficient (Wildman–Crippen LogP) is 2.19. The fourth-order valence-corrected chi connectivity index (χ4v) is 4.57. The van der Waals surface area contributed by atoms with Crippen molar-refractivity contribution >= 4 is 22.7 Å². The highest BCUT2D eigenvalue weighted by molar-refractivity contribution is 5.90. The molecule has 2 amide bonds. The molecule has 0 aliphatic carbocycles. The molecule has 2 fully saturated rings. The number of carbonyl (C=O) groups excluding carboxylic acids is 2. The Morgan fingerprint density at radius 1 is 1.16 bits per heavy atom. The standard InChI is InChI=1S/C20H25N3O2/c1-21-10-5-8-20(19(21)25)9-11-23(14-20)18(24)12-15-13-22(2)17-7-4-3-6-16(15)17/h3-4,6-7,13H,5,8-12,14H2,1-2H3/t20-/m0/s1. The largest absolute Gasteiger partial charge is 0.350 e. The number of piperidine rings is 1. The van der Waals surface area contributed by atoms with Gasteiger partial charge in [0.15, 0.2) is 0 Å². The zero-order valence-corrected chi connectivity index (χ0v) is 15.0. The van der Waals surface area contributed by atoms with E-state index in [0.717, 1.165) is 42.3 Å². The lowest BCUT2D eigenvalue weighted by Gasteiger charge is -2.37. The topological polar surface area (TPSA) is 45.5 Å². The van der Waals surface area contributed by atoms with Crippen molar-refractivity contribution in [1.29, 1.82) is 0 Å². The zero-order valence-electron chi connectivity index (χ0n) is 15.0. The minimum Gasteiger partial charge on any atom is -0.350 e. The molecule has 2 saturated heterocycles. The normalized spacial score (nSPS) is 23.8. The van der Waals surface area contributed by atoms with Gasteiger partial charge in [0, 0.05) is 50.8 Å². The lowest BCUT2D eigenvalue weighted by Crippen LogP contribution is -2.48. The summed E-state index contributed by atoms with van der Waals surface area (Å²) in [7, 11) is 3.89. The molecule has 25 heavy (non-hydrogen) atoms. The van der Waals surface area contributed by atoms with Gasteiger partial charge in [-0.15, -0.1) is 0 Å². The van der Waals surface area contributed by atoms with Crippen LogP contribution in [0.2, 0.25) is 0 Å². The first-order chi connectivity index (χ1) is 12.0. The number of rotatable bonds is 2. The number of nitrogens with zero attached hydrogens (tertiary/aromatic N) is 3. The van der Waals surface area contributed by atoms with E-state index in [-0.39, 0.29) is 17.2 Å². The zero-order chi connectivity index (χ0) is 17.6. The maximum atomic E-state index is 12.9. The SMILES string of the molecule is CN1CCC[C@@]2(CCN(C(=O)Cc3cn(C)c4ccccc34)C2)C1=O. The summed E-state index contributed by atoms with van der Waals surface area (Å²) in [6.07, 6.45) is 5.20. The number of amides is 2. The van der Waals surface area contributed by atoms with Crippen LogP contribution in [0.3, 0.4) is 0 Å². The van der Waals surface area contributed by atoms with E-state index in [9.17, 15) is 9.59 Å². The van der Waals surface area contributed by atoms with Crippen LogP contribution in [-0.2, 0) is 23.1 Å². The minimum atomic E-state index is -0.332. The van der Waals surface area contributed by atoms with Gasteiger partial charge < -0.3 is 14.4 Å². The smallest absolute Gasteiger partial charge is 0.230 e. The fourth-order valence-electron chi connectivity index (χ4n) is 4.57. The summed E-state index contributed by atoms with van der Waals surface area (Å²) in [4.78, 5) is 29.2. The van der Waals surface area contributed by atoms with E-state index in [1.165, 1.54) is 0 Å². The van der Waals surface area contributed by atoms with Gasteiger partial charge in [-0.2, -0.15) is 0 Å². The fraction of sp³-hybridized carbons (Fsp3) is 0.500. The van der Waals surface area contributed by atoms with Gasteiger partial charge in [0.25, 0.3) is 0 Å². The number of fused-ring (bicyclic) bond motifs is 1. The van der Waals surface area contributed by atoms with E-state index in [1.54, 1.807) is 0 Å². The van der Waals surface area contributed by atoms with Gasteiger partial charge in [0.2, 0.25) is 11.8 Å². The predicted molar refractivity (Wildman–Crippen MR) is 97.1 cm³/mol. The summed E-state index contributed by atoms with van der Waals surface area (Å²) in [5.41, 5.74) is 1.88. The molecule has 2 aliphatic rings. The van der Waals surface area contributed by atoms with Crippen LogP contribution in [0.5, 0.6) is 0 Å². The summed E-state index contributed by atoms with van der Waals surface area (Å²) in [6, 6.07) is 8.18. The number of aromatic nitrogens is 1. The Labute approximate surface area is 148 Å². The van der Waals surface area contributed by atoms with Crippen LogP contribution in [0.15, 0.2) is 30.5 Å². The Kier molecular flexibility index (Phi) is 3.82. The first-order valence-electron chi connectivity index (χ1n) is 9.06. The van der Waals surface area contributed by atoms with E-state index >= 15 is 0 Å². The van der Waals surface area contributed by atoms with Crippen molar-refractivity contribution in [2.24, 2.45) is 12.5 Å². The lowest BCUT2D eigenvalue weighted by molar-refractivity contribution is -0.144. The summed E-state index contributed by atoms with van der Waals surface area (Å²) in [5.74, 6) is 0.355. The van der Waals surface area contributed by atoms with Crippen molar-refractivity contribution in [3.8, 4) is 0 Å². The van der Waals surface area contributed by atoms with Gasteiger partial charge in [0.1, 0.15) is 0 Å². The molecule has 5 nitrogen and oxygen atoms in total. The highest BCUT2D eigenvalue weighted by atomic mass is 16.2. The molecule has 2 aliphatic heterocycles. The first kappa shape index (κ1) is 16.2. The van der Waals surface area contributed by atoms with Crippen molar-refractivity contribution in [3.63, 3.8) is 0 Å². The second kappa shape index (κ2) is 5.90. The molecule has 5 heteroatoms. The number of aryl methyl sites for hydroxylation is 1. The third-order valence-corrected chi connectivity index (χ3v) is 5.98.